The molecule has 0 bridgehead atoms. The topological polar surface area (TPSA) is 42.9 Å². The summed E-state index contributed by atoms with van der Waals surface area (Å²) in [5.41, 5.74) is 2.37. The Bertz CT molecular complexity index is 512. The Kier molecular flexibility index (Phi) is 13.8. The number of nitrogens with zero attached hydrogens (tertiary/aromatic N) is 2. The summed E-state index contributed by atoms with van der Waals surface area (Å²) in [6.07, 6.45) is 12.5. The molecule has 1 rings (SSSR count). The number of carbonyl (C=O) groups excluding carboxylic acids is 1. The van der Waals surface area contributed by atoms with Crippen LogP contribution in [-0.2, 0) is 17.6 Å². The molecular formula is C23H40N2O. The molecule has 0 atom stereocenters. The number of aryl methyl sites for hydroxylation is 1. The Morgan fingerprint density at radius 3 is 2.00 bits per heavy atom. The van der Waals surface area contributed by atoms with Crippen molar-refractivity contribution in [3.8, 4) is 0 Å². The van der Waals surface area contributed by atoms with E-state index in [9.17, 15) is 4.79 Å². The predicted octanol–water partition coefficient (Wildman–Crippen LogP) is 6.37. The van der Waals surface area contributed by atoms with E-state index < -0.39 is 0 Å². The van der Waals surface area contributed by atoms with Crippen molar-refractivity contribution >= 4 is 5.78 Å². The van der Waals surface area contributed by atoms with Crippen molar-refractivity contribution in [1.29, 1.82) is 0 Å². The van der Waals surface area contributed by atoms with Crippen LogP contribution in [0.3, 0.4) is 0 Å². The monoisotopic (exact) mass is 360 g/mol. The Balaban J connectivity index is 0.00000301. The lowest BCUT2D eigenvalue weighted by atomic mass is 9.86. The first kappa shape index (κ1) is 24.5. The fourth-order valence-electron chi connectivity index (χ4n) is 3.03. The van der Waals surface area contributed by atoms with Gasteiger partial charge in [0, 0.05) is 25.2 Å². The first-order valence-corrected chi connectivity index (χ1v) is 10.5. The lowest BCUT2D eigenvalue weighted by Crippen LogP contribution is -2.12. The third kappa shape index (κ3) is 9.84. The third-order valence-electron chi connectivity index (χ3n) is 4.28. The van der Waals surface area contributed by atoms with Gasteiger partial charge >= 0.3 is 0 Å². The van der Waals surface area contributed by atoms with Crippen molar-refractivity contribution in [2.45, 2.75) is 93.4 Å². The van der Waals surface area contributed by atoms with Crippen LogP contribution in [-0.4, -0.2) is 15.8 Å². The summed E-state index contributed by atoms with van der Waals surface area (Å²) in [6.45, 7) is 14.7. The van der Waals surface area contributed by atoms with E-state index >= 15 is 0 Å². The normalized spacial score (nSPS) is 11.5. The van der Waals surface area contributed by atoms with Gasteiger partial charge in [0.05, 0.1) is 0 Å². The van der Waals surface area contributed by atoms with E-state index in [1.807, 2.05) is 32.3 Å². The second-order valence-electron chi connectivity index (χ2n) is 7.10. The predicted molar refractivity (Wildman–Crippen MR) is 112 cm³/mol. The fraction of sp³-hybridized carbons (Fsp3) is 0.696. The molecule has 0 aliphatic carbocycles. The van der Waals surface area contributed by atoms with Crippen molar-refractivity contribution in [1.82, 2.24) is 9.97 Å². The minimum Gasteiger partial charge on any atom is -0.295 e. The summed E-state index contributed by atoms with van der Waals surface area (Å²) in [6, 6.07) is 0. The molecule has 26 heavy (non-hydrogen) atoms. The van der Waals surface area contributed by atoms with Crippen LogP contribution < -0.4 is 0 Å². The van der Waals surface area contributed by atoms with Crippen LogP contribution in [0.5, 0.6) is 0 Å². The van der Waals surface area contributed by atoms with Gasteiger partial charge in [-0.3, -0.25) is 4.79 Å². The van der Waals surface area contributed by atoms with E-state index in [-0.39, 0.29) is 5.78 Å². The number of allylic oxidation sites excluding steroid dienone is 2. The van der Waals surface area contributed by atoms with E-state index in [2.05, 4.69) is 44.6 Å². The molecule has 0 unspecified atom stereocenters. The lowest BCUT2D eigenvalue weighted by molar-refractivity contribution is -0.115. The van der Waals surface area contributed by atoms with Gasteiger partial charge in [0.1, 0.15) is 5.82 Å². The van der Waals surface area contributed by atoms with Crippen LogP contribution in [0.4, 0.5) is 0 Å². The average molecular weight is 361 g/mol. The highest BCUT2D eigenvalue weighted by Crippen LogP contribution is 2.25. The zero-order chi connectivity index (χ0) is 19.9. The largest absolute Gasteiger partial charge is 0.295 e. The van der Waals surface area contributed by atoms with Crippen molar-refractivity contribution < 1.29 is 4.79 Å². The summed E-state index contributed by atoms with van der Waals surface area (Å²) in [4.78, 5) is 21.3. The Hall–Kier alpha value is -1.51. The van der Waals surface area contributed by atoms with E-state index in [1.54, 1.807) is 0 Å². The molecule has 1 heterocycles. The minimum atomic E-state index is 0.238. The molecule has 0 N–H and O–H groups in total. The molecule has 0 saturated heterocycles. The van der Waals surface area contributed by atoms with Gasteiger partial charge in [-0.25, -0.2) is 9.97 Å². The van der Waals surface area contributed by atoms with Gasteiger partial charge in [-0.1, -0.05) is 66.9 Å². The molecule has 0 spiro atoms. The van der Waals surface area contributed by atoms with Gasteiger partial charge in [-0.2, -0.15) is 0 Å². The van der Waals surface area contributed by atoms with Gasteiger partial charge in [0.15, 0.2) is 5.78 Å². The van der Waals surface area contributed by atoms with Crippen LogP contribution in [0.2, 0.25) is 0 Å². The van der Waals surface area contributed by atoms with Crippen LogP contribution in [0.25, 0.3) is 0 Å². The number of hydrogen-bond donors (Lipinski definition) is 0. The van der Waals surface area contributed by atoms with Gasteiger partial charge in [0.2, 0.25) is 0 Å². The number of carbonyl (C=O) groups is 1. The van der Waals surface area contributed by atoms with Crippen molar-refractivity contribution in [2.75, 3.05) is 0 Å². The molecule has 1 aromatic heterocycles. The van der Waals surface area contributed by atoms with Crippen molar-refractivity contribution in [2.24, 2.45) is 11.8 Å². The van der Waals surface area contributed by atoms with Crippen molar-refractivity contribution in [3.05, 3.63) is 35.4 Å². The molecule has 0 aliphatic rings. The molecule has 3 heteroatoms. The van der Waals surface area contributed by atoms with E-state index in [0.29, 0.717) is 24.7 Å². The highest BCUT2D eigenvalue weighted by atomic mass is 16.1. The summed E-state index contributed by atoms with van der Waals surface area (Å²) >= 11 is 0. The van der Waals surface area contributed by atoms with Gasteiger partial charge in [0.25, 0.3) is 0 Å². The zero-order valence-electron chi connectivity index (χ0n) is 18.1. The van der Waals surface area contributed by atoms with Gasteiger partial charge in [-0.15, -0.1) is 0 Å². The molecule has 0 amide bonds. The van der Waals surface area contributed by atoms with Gasteiger partial charge < -0.3 is 0 Å². The number of aromatic nitrogens is 2. The molecule has 0 aromatic carbocycles. The van der Waals surface area contributed by atoms with Crippen LogP contribution in [0.15, 0.2) is 24.0 Å². The summed E-state index contributed by atoms with van der Waals surface area (Å²) in [5, 5.41) is 0. The van der Waals surface area contributed by atoms with Crippen LogP contribution in [0.1, 0.15) is 92.0 Å². The van der Waals surface area contributed by atoms with Gasteiger partial charge in [-0.05, 0) is 42.7 Å². The second kappa shape index (κ2) is 14.6. The SMILES string of the molecule is CC.CCCC(CCC)/C(=C\C(=O)CC(C)C)Cc1ncc(CC)cn1. The van der Waals surface area contributed by atoms with E-state index in [4.69, 9.17) is 0 Å². The average Bonchev–Trinajstić information content (AvgIpc) is 2.62. The van der Waals surface area contributed by atoms with Crippen LogP contribution in [0, 0.1) is 11.8 Å². The molecule has 3 nitrogen and oxygen atoms in total. The Labute approximate surface area is 161 Å². The standard InChI is InChI=1S/C21H34N2O.C2H6/c1-6-9-18(10-7-2)19(12-20(24)11-16(4)5)13-21-22-14-17(8-3)15-23-21;1-2/h12,14-16,18H,6-11,13H2,1-5H3;1-2H3/b19-12-;. The first-order chi connectivity index (χ1) is 12.5. The maximum Gasteiger partial charge on any atom is 0.155 e. The Morgan fingerprint density at radius 2 is 1.58 bits per heavy atom. The highest BCUT2D eigenvalue weighted by Gasteiger charge is 2.16. The smallest absolute Gasteiger partial charge is 0.155 e. The molecule has 0 fully saturated rings. The first-order valence-electron chi connectivity index (χ1n) is 10.5. The maximum atomic E-state index is 12.4. The summed E-state index contributed by atoms with van der Waals surface area (Å²) in [5.74, 6) is 1.92. The van der Waals surface area contributed by atoms with E-state index in [0.717, 1.165) is 43.5 Å². The third-order valence-corrected chi connectivity index (χ3v) is 4.28. The molecule has 0 radical (unpaired) electrons. The minimum absolute atomic E-state index is 0.238. The van der Waals surface area contributed by atoms with E-state index in [1.165, 1.54) is 5.57 Å². The summed E-state index contributed by atoms with van der Waals surface area (Å²) < 4.78 is 0. The molecule has 0 aliphatic heterocycles. The number of rotatable bonds is 11. The zero-order valence-corrected chi connectivity index (χ0v) is 18.1. The molecule has 0 saturated carbocycles. The molecular weight excluding hydrogens is 320 g/mol. The maximum absolute atomic E-state index is 12.4. The molecule has 1 aromatic rings. The summed E-state index contributed by atoms with van der Waals surface area (Å²) in [7, 11) is 0. The fourth-order valence-corrected chi connectivity index (χ4v) is 3.03. The number of ketones is 1. The quantitative estimate of drug-likeness (QED) is 0.431. The second-order valence-corrected chi connectivity index (χ2v) is 7.10. The van der Waals surface area contributed by atoms with Crippen LogP contribution >= 0.6 is 0 Å². The Morgan fingerprint density at radius 1 is 1.04 bits per heavy atom. The molecule has 148 valence electrons. The highest BCUT2D eigenvalue weighted by molar-refractivity contribution is 5.90. The lowest BCUT2D eigenvalue weighted by Gasteiger charge is -2.19. The number of hydrogen-bond acceptors (Lipinski definition) is 3. The van der Waals surface area contributed by atoms with Crippen molar-refractivity contribution in [3.63, 3.8) is 0 Å².